The number of ether oxygens (including phenoxy) is 1. The first kappa shape index (κ1) is 11.4. The highest BCUT2D eigenvalue weighted by atomic mass is 16.5. The normalized spacial score (nSPS) is 30.6. The SMILES string of the molecule is OCC1(CCC2CCCO2)CCCCC1. The Morgan fingerprint density at radius 2 is 1.93 bits per heavy atom. The van der Waals surface area contributed by atoms with Crippen LogP contribution >= 0.6 is 0 Å². The van der Waals surface area contributed by atoms with Crippen molar-refractivity contribution >= 4 is 0 Å². The zero-order chi connectivity index (χ0) is 10.6. The average molecular weight is 212 g/mol. The molecule has 0 radical (unpaired) electrons. The third-order valence-electron chi connectivity index (χ3n) is 4.27. The lowest BCUT2D eigenvalue weighted by Crippen LogP contribution is -2.29. The Morgan fingerprint density at radius 3 is 2.53 bits per heavy atom. The second-order valence-corrected chi connectivity index (χ2v) is 5.39. The molecular formula is C13H24O2. The quantitative estimate of drug-likeness (QED) is 0.776. The zero-order valence-corrected chi connectivity index (χ0v) is 9.71. The van der Waals surface area contributed by atoms with Gasteiger partial charge in [-0.1, -0.05) is 19.3 Å². The summed E-state index contributed by atoms with van der Waals surface area (Å²) in [6.45, 7) is 1.34. The number of rotatable bonds is 4. The molecule has 0 aromatic rings. The molecule has 0 aromatic carbocycles. The molecule has 1 N–H and O–H groups in total. The molecule has 0 bridgehead atoms. The van der Waals surface area contributed by atoms with Crippen LogP contribution in [0.2, 0.25) is 0 Å². The Balaban J connectivity index is 1.78. The van der Waals surface area contributed by atoms with E-state index < -0.39 is 0 Å². The van der Waals surface area contributed by atoms with Gasteiger partial charge in [0.05, 0.1) is 6.10 Å². The molecule has 0 spiro atoms. The topological polar surface area (TPSA) is 29.5 Å². The summed E-state index contributed by atoms with van der Waals surface area (Å²) >= 11 is 0. The van der Waals surface area contributed by atoms with Crippen LogP contribution in [0, 0.1) is 5.41 Å². The predicted molar refractivity (Wildman–Crippen MR) is 60.8 cm³/mol. The molecule has 2 nitrogen and oxygen atoms in total. The molecule has 2 rings (SSSR count). The van der Waals surface area contributed by atoms with Gasteiger partial charge < -0.3 is 9.84 Å². The summed E-state index contributed by atoms with van der Waals surface area (Å²) in [5.41, 5.74) is 0.254. The lowest BCUT2D eigenvalue weighted by atomic mass is 9.71. The van der Waals surface area contributed by atoms with Gasteiger partial charge in [-0.15, -0.1) is 0 Å². The summed E-state index contributed by atoms with van der Waals surface area (Å²) in [5.74, 6) is 0. The second kappa shape index (κ2) is 5.31. The minimum atomic E-state index is 0.254. The van der Waals surface area contributed by atoms with Crippen LogP contribution in [0.25, 0.3) is 0 Å². The monoisotopic (exact) mass is 212 g/mol. The van der Waals surface area contributed by atoms with E-state index in [1.165, 1.54) is 57.8 Å². The molecule has 0 aromatic heterocycles. The average Bonchev–Trinajstić information content (AvgIpc) is 2.81. The Kier molecular flexibility index (Phi) is 4.04. The maximum absolute atomic E-state index is 9.57. The summed E-state index contributed by atoms with van der Waals surface area (Å²) in [7, 11) is 0. The fourth-order valence-corrected chi connectivity index (χ4v) is 3.13. The number of aliphatic hydroxyl groups is 1. The fourth-order valence-electron chi connectivity index (χ4n) is 3.13. The highest BCUT2D eigenvalue weighted by Crippen LogP contribution is 2.40. The minimum absolute atomic E-state index is 0.254. The Hall–Kier alpha value is -0.0800. The van der Waals surface area contributed by atoms with Gasteiger partial charge >= 0.3 is 0 Å². The number of hydrogen-bond acceptors (Lipinski definition) is 2. The van der Waals surface area contributed by atoms with E-state index in [0.717, 1.165) is 6.61 Å². The van der Waals surface area contributed by atoms with Crippen molar-refractivity contribution in [1.29, 1.82) is 0 Å². The van der Waals surface area contributed by atoms with Crippen LogP contribution in [0.1, 0.15) is 57.8 Å². The highest BCUT2D eigenvalue weighted by molar-refractivity contribution is 4.83. The fraction of sp³-hybridized carbons (Fsp3) is 1.00. The van der Waals surface area contributed by atoms with Crippen LogP contribution < -0.4 is 0 Å². The van der Waals surface area contributed by atoms with Crippen molar-refractivity contribution in [2.75, 3.05) is 13.2 Å². The van der Waals surface area contributed by atoms with E-state index in [2.05, 4.69) is 0 Å². The van der Waals surface area contributed by atoms with Gasteiger partial charge in [0, 0.05) is 13.2 Å². The largest absolute Gasteiger partial charge is 0.396 e. The first-order valence-corrected chi connectivity index (χ1v) is 6.57. The third-order valence-corrected chi connectivity index (χ3v) is 4.27. The molecule has 88 valence electrons. The summed E-state index contributed by atoms with van der Waals surface area (Å²) in [5, 5.41) is 9.57. The van der Waals surface area contributed by atoms with Crippen molar-refractivity contribution in [3.05, 3.63) is 0 Å². The molecule has 2 aliphatic rings. The predicted octanol–water partition coefficient (Wildman–Crippen LogP) is 2.89. The number of hydrogen-bond donors (Lipinski definition) is 1. The van der Waals surface area contributed by atoms with Gasteiger partial charge in [-0.3, -0.25) is 0 Å². The molecule has 0 amide bonds. The Bertz CT molecular complexity index is 179. The summed E-state index contributed by atoms with van der Waals surface area (Å²) in [6, 6.07) is 0. The summed E-state index contributed by atoms with van der Waals surface area (Å²) in [4.78, 5) is 0. The molecule has 1 heterocycles. The van der Waals surface area contributed by atoms with E-state index in [-0.39, 0.29) is 5.41 Å². The van der Waals surface area contributed by atoms with Crippen LogP contribution in [0.3, 0.4) is 0 Å². The molecule has 1 aliphatic carbocycles. The van der Waals surface area contributed by atoms with Crippen LogP contribution in [0.15, 0.2) is 0 Å². The van der Waals surface area contributed by atoms with Crippen molar-refractivity contribution in [1.82, 2.24) is 0 Å². The van der Waals surface area contributed by atoms with Gasteiger partial charge in [0.25, 0.3) is 0 Å². The van der Waals surface area contributed by atoms with Gasteiger partial charge in [0.2, 0.25) is 0 Å². The second-order valence-electron chi connectivity index (χ2n) is 5.39. The molecule has 1 aliphatic heterocycles. The maximum Gasteiger partial charge on any atom is 0.0576 e. The van der Waals surface area contributed by atoms with Gasteiger partial charge in [0.1, 0.15) is 0 Å². The van der Waals surface area contributed by atoms with E-state index in [1.54, 1.807) is 0 Å². The zero-order valence-electron chi connectivity index (χ0n) is 9.71. The van der Waals surface area contributed by atoms with E-state index in [0.29, 0.717) is 12.7 Å². The van der Waals surface area contributed by atoms with Crippen LogP contribution in [0.4, 0.5) is 0 Å². The highest BCUT2D eigenvalue weighted by Gasteiger charge is 2.32. The molecule has 2 heteroatoms. The van der Waals surface area contributed by atoms with Gasteiger partial charge in [0.15, 0.2) is 0 Å². The molecule has 1 unspecified atom stereocenters. The molecule has 2 fully saturated rings. The van der Waals surface area contributed by atoms with Gasteiger partial charge in [-0.05, 0) is 43.9 Å². The first-order valence-electron chi connectivity index (χ1n) is 6.57. The van der Waals surface area contributed by atoms with E-state index in [9.17, 15) is 5.11 Å². The van der Waals surface area contributed by atoms with E-state index in [4.69, 9.17) is 4.74 Å². The molecular weight excluding hydrogens is 188 g/mol. The smallest absolute Gasteiger partial charge is 0.0576 e. The van der Waals surface area contributed by atoms with E-state index in [1.807, 2.05) is 0 Å². The molecule has 1 saturated carbocycles. The van der Waals surface area contributed by atoms with Crippen LogP contribution in [-0.4, -0.2) is 24.4 Å². The molecule has 15 heavy (non-hydrogen) atoms. The lowest BCUT2D eigenvalue weighted by Gasteiger charge is -2.36. The van der Waals surface area contributed by atoms with Gasteiger partial charge in [-0.2, -0.15) is 0 Å². The Morgan fingerprint density at radius 1 is 1.13 bits per heavy atom. The van der Waals surface area contributed by atoms with Crippen molar-refractivity contribution in [3.63, 3.8) is 0 Å². The van der Waals surface area contributed by atoms with E-state index >= 15 is 0 Å². The van der Waals surface area contributed by atoms with Crippen molar-refractivity contribution in [2.24, 2.45) is 5.41 Å². The van der Waals surface area contributed by atoms with Crippen LogP contribution in [-0.2, 0) is 4.74 Å². The lowest BCUT2D eigenvalue weighted by molar-refractivity contribution is 0.0425. The standard InChI is InChI=1S/C13H24O2/c14-11-13(7-2-1-3-8-13)9-6-12-5-4-10-15-12/h12,14H,1-11H2. The third kappa shape index (κ3) is 2.94. The van der Waals surface area contributed by atoms with Crippen LogP contribution in [0.5, 0.6) is 0 Å². The van der Waals surface area contributed by atoms with Crippen molar-refractivity contribution < 1.29 is 9.84 Å². The minimum Gasteiger partial charge on any atom is -0.396 e. The maximum atomic E-state index is 9.57. The number of aliphatic hydroxyl groups excluding tert-OH is 1. The van der Waals surface area contributed by atoms with Gasteiger partial charge in [-0.25, -0.2) is 0 Å². The summed E-state index contributed by atoms with van der Waals surface area (Å²) < 4.78 is 5.65. The first-order chi connectivity index (χ1) is 7.35. The molecule has 1 saturated heterocycles. The van der Waals surface area contributed by atoms with Crippen molar-refractivity contribution in [2.45, 2.75) is 63.9 Å². The molecule has 1 atom stereocenters. The van der Waals surface area contributed by atoms with Crippen molar-refractivity contribution in [3.8, 4) is 0 Å². The Labute approximate surface area is 93.0 Å². The summed E-state index contributed by atoms with van der Waals surface area (Å²) in [6.07, 6.45) is 11.8.